The van der Waals surface area contributed by atoms with E-state index in [-0.39, 0.29) is 11.3 Å². The van der Waals surface area contributed by atoms with Gasteiger partial charge in [0.1, 0.15) is 0 Å². The SMILES string of the molecule is C=C1N(CC)c2ccc(NC(C)=O)cc2C1(C)C. The van der Waals surface area contributed by atoms with Crippen LogP contribution in [0.1, 0.15) is 33.3 Å². The second kappa shape index (κ2) is 4.16. The number of likely N-dealkylation sites (N-methyl/N-ethyl adjacent to an activating group) is 1. The van der Waals surface area contributed by atoms with Gasteiger partial charge in [0.05, 0.1) is 0 Å². The van der Waals surface area contributed by atoms with Crippen molar-refractivity contribution in [3.63, 3.8) is 0 Å². The van der Waals surface area contributed by atoms with E-state index in [1.165, 1.54) is 18.2 Å². The molecule has 0 aromatic heterocycles. The molecule has 0 atom stereocenters. The number of fused-ring (bicyclic) bond motifs is 1. The molecular weight excluding hydrogens is 224 g/mol. The summed E-state index contributed by atoms with van der Waals surface area (Å²) in [5.41, 5.74) is 4.29. The topological polar surface area (TPSA) is 32.3 Å². The number of nitrogens with zero attached hydrogens (tertiary/aromatic N) is 1. The summed E-state index contributed by atoms with van der Waals surface area (Å²) in [5.74, 6) is -0.0445. The molecule has 1 amide bonds. The molecule has 0 unspecified atom stereocenters. The first kappa shape index (κ1) is 12.7. The zero-order valence-electron chi connectivity index (χ0n) is 11.5. The lowest BCUT2D eigenvalue weighted by Gasteiger charge is -2.24. The molecule has 3 heteroatoms. The van der Waals surface area contributed by atoms with Crippen molar-refractivity contribution in [2.75, 3.05) is 16.8 Å². The molecule has 0 fully saturated rings. The van der Waals surface area contributed by atoms with Gasteiger partial charge in [-0.15, -0.1) is 0 Å². The van der Waals surface area contributed by atoms with Crippen molar-refractivity contribution in [1.82, 2.24) is 0 Å². The van der Waals surface area contributed by atoms with E-state index in [2.05, 4.69) is 49.7 Å². The Hall–Kier alpha value is -1.77. The predicted molar refractivity (Wildman–Crippen MR) is 75.9 cm³/mol. The first-order valence-electron chi connectivity index (χ1n) is 6.27. The zero-order chi connectivity index (χ0) is 13.5. The Balaban J connectivity index is 2.50. The molecule has 96 valence electrons. The van der Waals surface area contributed by atoms with Crippen LogP contribution < -0.4 is 10.2 Å². The summed E-state index contributed by atoms with van der Waals surface area (Å²) in [6.45, 7) is 13.1. The molecule has 3 nitrogen and oxygen atoms in total. The van der Waals surface area contributed by atoms with Gasteiger partial charge in [-0.1, -0.05) is 20.4 Å². The van der Waals surface area contributed by atoms with Crippen molar-refractivity contribution < 1.29 is 4.79 Å². The highest BCUT2D eigenvalue weighted by Crippen LogP contribution is 2.47. The second-order valence-corrected chi connectivity index (χ2v) is 5.23. The van der Waals surface area contributed by atoms with Crippen molar-refractivity contribution in [2.45, 2.75) is 33.1 Å². The zero-order valence-corrected chi connectivity index (χ0v) is 11.5. The van der Waals surface area contributed by atoms with E-state index < -0.39 is 0 Å². The Labute approximate surface area is 108 Å². The molecule has 1 aromatic carbocycles. The average Bonchev–Trinajstić information content (AvgIpc) is 2.47. The van der Waals surface area contributed by atoms with E-state index in [9.17, 15) is 4.79 Å². The van der Waals surface area contributed by atoms with Gasteiger partial charge in [-0.2, -0.15) is 0 Å². The molecule has 0 bridgehead atoms. The van der Waals surface area contributed by atoms with Crippen LogP contribution in [0.25, 0.3) is 0 Å². The highest BCUT2D eigenvalue weighted by atomic mass is 16.1. The Morgan fingerprint density at radius 1 is 1.44 bits per heavy atom. The van der Waals surface area contributed by atoms with Gasteiger partial charge in [0.2, 0.25) is 5.91 Å². The third kappa shape index (κ3) is 1.80. The molecule has 18 heavy (non-hydrogen) atoms. The number of carbonyl (C=O) groups is 1. The third-order valence-corrected chi connectivity index (χ3v) is 3.64. The van der Waals surface area contributed by atoms with Gasteiger partial charge in [-0.05, 0) is 30.7 Å². The van der Waals surface area contributed by atoms with Crippen molar-refractivity contribution in [2.24, 2.45) is 0 Å². The lowest BCUT2D eigenvalue weighted by molar-refractivity contribution is -0.114. The first-order valence-corrected chi connectivity index (χ1v) is 6.27. The predicted octanol–water partition coefficient (Wildman–Crippen LogP) is 3.28. The lowest BCUT2D eigenvalue weighted by Crippen LogP contribution is -2.24. The largest absolute Gasteiger partial charge is 0.345 e. The third-order valence-electron chi connectivity index (χ3n) is 3.64. The van der Waals surface area contributed by atoms with Crippen LogP contribution in [0.15, 0.2) is 30.5 Å². The second-order valence-electron chi connectivity index (χ2n) is 5.23. The number of benzene rings is 1. The van der Waals surface area contributed by atoms with E-state index in [0.717, 1.165) is 17.9 Å². The minimum atomic E-state index is -0.0835. The molecule has 0 saturated heterocycles. The molecular formula is C15H20N2O. The smallest absolute Gasteiger partial charge is 0.221 e. The highest BCUT2D eigenvalue weighted by molar-refractivity contribution is 5.89. The molecule has 0 spiro atoms. The summed E-state index contributed by atoms with van der Waals surface area (Å²) in [7, 11) is 0. The average molecular weight is 244 g/mol. The van der Waals surface area contributed by atoms with Gasteiger partial charge in [-0.3, -0.25) is 4.79 Å². The summed E-state index contributed by atoms with van der Waals surface area (Å²) >= 11 is 0. The fraction of sp³-hybridized carbons (Fsp3) is 0.400. The molecule has 0 saturated carbocycles. The minimum absolute atomic E-state index is 0.0445. The monoisotopic (exact) mass is 244 g/mol. The van der Waals surface area contributed by atoms with Crippen molar-refractivity contribution in [3.05, 3.63) is 36.0 Å². The molecule has 0 aliphatic carbocycles. The number of nitrogens with one attached hydrogen (secondary N) is 1. The number of hydrogen-bond acceptors (Lipinski definition) is 2. The molecule has 1 aliphatic rings. The Morgan fingerprint density at radius 3 is 2.67 bits per heavy atom. The van der Waals surface area contributed by atoms with Gasteiger partial charge >= 0.3 is 0 Å². The summed E-state index contributed by atoms with van der Waals surface area (Å²) in [6, 6.07) is 6.05. The van der Waals surface area contributed by atoms with E-state index in [1.807, 2.05) is 6.07 Å². The van der Waals surface area contributed by atoms with Crippen LogP contribution in [-0.4, -0.2) is 12.5 Å². The number of rotatable bonds is 2. The Kier molecular flexibility index (Phi) is 2.93. The van der Waals surface area contributed by atoms with Gasteiger partial charge < -0.3 is 10.2 Å². The van der Waals surface area contributed by atoms with Gasteiger partial charge in [0, 0.05) is 36.0 Å². The van der Waals surface area contributed by atoms with Gasteiger partial charge in [-0.25, -0.2) is 0 Å². The van der Waals surface area contributed by atoms with Crippen LogP contribution >= 0.6 is 0 Å². The van der Waals surface area contributed by atoms with E-state index in [4.69, 9.17) is 0 Å². The Bertz CT molecular complexity index is 517. The van der Waals surface area contributed by atoms with Crippen molar-refractivity contribution in [1.29, 1.82) is 0 Å². The van der Waals surface area contributed by atoms with Crippen LogP contribution in [0.5, 0.6) is 0 Å². The summed E-state index contributed by atoms with van der Waals surface area (Å²) in [4.78, 5) is 13.3. The van der Waals surface area contributed by atoms with Crippen LogP contribution in [0.4, 0.5) is 11.4 Å². The van der Waals surface area contributed by atoms with Crippen LogP contribution in [0.3, 0.4) is 0 Å². The number of amides is 1. The maximum absolute atomic E-state index is 11.1. The molecule has 0 radical (unpaired) electrons. The molecule has 1 N–H and O–H groups in total. The fourth-order valence-electron chi connectivity index (χ4n) is 2.55. The quantitative estimate of drug-likeness (QED) is 0.866. The van der Waals surface area contributed by atoms with Crippen LogP contribution in [0.2, 0.25) is 0 Å². The minimum Gasteiger partial charge on any atom is -0.345 e. The van der Waals surface area contributed by atoms with Crippen LogP contribution in [0, 0.1) is 0 Å². The van der Waals surface area contributed by atoms with E-state index >= 15 is 0 Å². The summed E-state index contributed by atoms with van der Waals surface area (Å²) < 4.78 is 0. The van der Waals surface area contributed by atoms with Gasteiger partial charge in [0.25, 0.3) is 0 Å². The molecule has 1 aliphatic heterocycles. The Morgan fingerprint density at radius 2 is 2.11 bits per heavy atom. The normalized spacial score (nSPS) is 16.7. The number of hydrogen-bond donors (Lipinski definition) is 1. The maximum Gasteiger partial charge on any atom is 0.221 e. The van der Waals surface area contributed by atoms with Crippen LogP contribution in [-0.2, 0) is 10.2 Å². The molecule has 2 rings (SSSR count). The maximum atomic E-state index is 11.1. The molecule has 1 aromatic rings. The fourth-order valence-corrected chi connectivity index (χ4v) is 2.55. The van der Waals surface area contributed by atoms with Crippen molar-refractivity contribution in [3.8, 4) is 0 Å². The van der Waals surface area contributed by atoms with Gasteiger partial charge in [0.15, 0.2) is 0 Å². The lowest BCUT2D eigenvalue weighted by atomic mass is 9.84. The number of allylic oxidation sites excluding steroid dienone is 1. The standard InChI is InChI=1S/C15H20N2O/c1-6-17-10(2)15(4,5)13-9-12(16-11(3)18)7-8-14(13)17/h7-9H,2,6H2,1,3-5H3,(H,16,18). The summed E-state index contributed by atoms with van der Waals surface area (Å²) in [5, 5.41) is 2.83. The summed E-state index contributed by atoms with van der Waals surface area (Å²) in [6.07, 6.45) is 0. The highest BCUT2D eigenvalue weighted by Gasteiger charge is 2.38. The van der Waals surface area contributed by atoms with E-state index in [0.29, 0.717) is 0 Å². The first-order chi connectivity index (χ1) is 8.37. The number of anilines is 2. The van der Waals surface area contributed by atoms with E-state index in [1.54, 1.807) is 0 Å². The number of carbonyl (C=O) groups excluding carboxylic acids is 1. The molecule has 1 heterocycles. The van der Waals surface area contributed by atoms with Crippen molar-refractivity contribution >= 4 is 17.3 Å².